The smallest absolute Gasteiger partial charge is 0.177 e. The van der Waals surface area contributed by atoms with Crippen LogP contribution in [0.25, 0.3) is 0 Å². The van der Waals surface area contributed by atoms with E-state index in [9.17, 15) is 8.42 Å². The number of sulfone groups is 1. The zero-order valence-electron chi connectivity index (χ0n) is 5.47. The molecule has 6 heteroatoms. The number of rotatable bonds is 1. The number of hydrogen-bond donors (Lipinski definition) is 0. The summed E-state index contributed by atoms with van der Waals surface area (Å²) < 4.78 is 23.5. The Morgan fingerprint density at radius 3 is 2.18 bits per heavy atom. The molecule has 0 fully saturated rings. The van der Waals surface area contributed by atoms with Crippen LogP contribution in [-0.2, 0) is 9.84 Å². The first-order chi connectivity index (χ1) is 4.91. The van der Waals surface area contributed by atoms with Crippen molar-refractivity contribution in [3.8, 4) is 0 Å². The van der Waals surface area contributed by atoms with Crippen molar-refractivity contribution in [2.45, 2.75) is 4.90 Å². The Morgan fingerprint density at radius 1 is 1.45 bits per heavy atom. The molecule has 11 heavy (non-hydrogen) atoms. The van der Waals surface area contributed by atoms with Crippen LogP contribution in [0.2, 0.25) is 0 Å². The van der Waals surface area contributed by atoms with Gasteiger partial charge in [0, 0.05) is 6.26 Å². The summed E-state index contributed by atoms with van der Waals surface area (Å²) in [5.41, 5.74) is 0. The molecule has 0 bridgehead atoms. The Balaban J connectivity index is 3.36. The molecule has 0 saturated carbocycles. The van der Waals surface area contributed by atoms with Gasteiger partial charge in [0.1, 0.15) is 0 Å². The van der Waals surface area contributed by atoms with Gasteiger partial charge in [-0.25, -0.2) is 8.42 Å². The van der Waals surface area contributed by atoms with Crippen LogP contribution in [0.15, 0.2) is 18.5 Å². The van der Waals surface area contributed by atoms with Gasteiger partial charge < -0.3 is 0 Å². The van der Waals surface area contributed by atoms with E-state index in [0.717, 1.165) is 3.79 Å². The standard InChI is InChI=1S/C5H4Br2O2S2/c1-11(8,9)3-2-4(6)10-5(3)7/h2H,1H3. The zero-order valence-corrected chi connectivity index (χ0v) is 10.3. The second-order valence-electron chi connectivity index (χ2n) is 1.96. The molecular weight excluding hydrogens is 316 g/mol. The molecule has 1 aromatic rings. The molecule has 0 aliphatic carbocycles. The van der Waals surface area contributed by atoms with Gasteiger partial charge in [0.05, 0.1) is 12.5 Å². The van der Waals surface area contributed by atoms with Gasteiger partial charge >= 0.3 is 0 Å². The summed E-state index contributed by atoms with van der Waals surface area (Å²) in [6.45, 7) is 0. The number of halogens is 2. The van der Waals surface area contributed by atoms with Crippen LogP contribution >= 0.6 is 43.2 Å². The van der Waals surface area contributed by atoms with Gasteiger partial charge in [-0.1, -0.05) is 0 Å². The molecule has 1 rings (SSSR count). The van der Waals surface area contributed by atoms with Crippen LogP contribution < -0.4 is 0 Å². The average Bonchev–Trinajstić information content (AvgIpc) is 2.08. The van der Waals surface area contributed by atoms with E-state index in [0.29, 0.717) is 8.68 Å². The van der Waals surface area contributed by atoms with Gasteiger partial charge in [0.25, 0.3) is 0 Å². The lowest BCUT2D eigenvalue weighted by Crippen LogP contribution is -1.94. The van der Waals surface area contributed by atoms with E-state index >= 15 is 0 Å². The summed E-state index contributed by atoms with van der Waals surface area (Å²) >= 11 is 7.71. The zero-order chi connectivity index (χ0) is 8.65. The average molecular weight is 320 g/mol. The van der Waals surface area contributed by atoms with E-state index in [1.54, 1.807) is 6.07 Å². The van der Waals surface area contributed by atoms with Crippen LogP contribution in [-0.4, -0.2) is 14.7 Å². The van der Waals surface area contributed by atoms with E-state index in [1.807, 2.05) is 0 Å². The fourth-order valence-corrected chi connectivity index (χ4v) is 5.40. The van der Waals surface area contributed by atoms with Crippen molar-refractivity contribution < 1.29 is 8.42 Å². The minimum Gasteiger partial charge on any atom is -0.224 e. The van der Waals surface area contributed by atoms with Gasteiger partial charge in [0.2, 0.25) is 0 Å². The topological polar surface area (TPSA) is 34.1 Å². The van der Waals surface area contributed by atoms with Crippen molar-refractivity contribution in [2.75, 3.05) is 6.26 Å². The largest absolute Gasteiger partial charge is 0.224 e. The maximum absolute atomic E-state index is 11.0. The number of thiophene rings is 1. The summed E-state index contributed by atoms with van der Waals surface area (Å²) in [7, 11) is -3.08. The minimum atomic E-state index is -3.08. The Hall–Kier alpha value is 0.610. The molecule has 0 N–H and O–H groups in total. The van der Waals surface area contributed by atoms with E-state index in [-0.39, 0.29) is 0 Å². The predicted octanol–water partition coefficient (Wildman–Crippen LogP) is 2.68. The highest BCUT2D eigenvalue weighted by Crippen LogP contribution is 2.34. The van der Waals surface area contributed by atoms with Crippen LogP contribution in [0.5, 0.6) is 0 Å². The summed E-state index contributed by atoms with van der Waals surface area (Å²) in [5.74, 6) is 0. The van der Waals surface area contributed by atoms with Crippen molar-refractivity contribution in [2.24, 2.45) is 0 Å². The maximum atomic E-state index is 11.0. The van der Waals surface area contributed by atoms with Crippen molar-refractivity contribution >= 4 is 53.0 Å². The second-order valence-corrected chi connectivity index (χ2v) is 7.69. The lowest BCUT2D eigenvalue weighted by Gasteiger charge is -1.90. The molecule has 0 spiro atoms. The lowest BCUT2D eigenvalue weighted by molar-refractivity contribution is 0.602. The molecule has 0 radical (unpaired) electrons. The highest BCUT2D eigenvalue weighted by Gasteiger charge is 2.14. The monoisotopic (exact) mass is 318 g/mol. The van der Waals surface area contributed by atoms with Crippen molar-refractivity contribution in [1.82, 2.24) is 0 Å². The highest BCUT2D eigenvalue weighted by molar-refractivity contribution is 9.12. The maximum Gasteiger partial charge on any atom is 0.177 e. The minimum absolute atomic E-state index is 0.342. The molecule has 1 heterocycles. The third-order valence-corrected chi connectivity index (χ3v) is 4.88. The van der Waals surface area contributed by atoms with Crippen LogP contribution in [0.4, 0.5) is 0 Å². The fraction of sp³-hybridized carbons (Fsp3) is 0.200. The second kappa shape index (κ2) is 3.16. The highest BCUT2D eigenvalue weighted by atomic mass is 79.9. The number of hydrogen-bond acceptors (Lipinski definition) is 3. The molecule has 1 aromatic heterocycles. The summed E-state index contributed by atoms with van der Waals surface area (Å²) in [6.07, 6.45) is 1.19. The summed E-state index contributed by atoms with van der Waals surface area (Å²) in [4.78, 5) is 0.342. The Kier molecular flexibility index (Phi) is 2.79. The predicted molar refractivity (Wildman–Crippen MR) is 52.8 cm³/mol. The SMILES string of the molecule is CS(=O)(=O)c1cc(Br)sc1Br. The molecule has 0 aromatic carbocycles. The Labute approximate surface area is 85.8 Å². The third kappa shape index (κ3) is 2.27. The van der Waals surface area contributed by atoms with Gasteiger partial charge in [-0.3, -0.25) is 0 Å². The lowest BCUT2D eigenvalue weighted by atomic mass is 10.7. The molecule has 0 unspecified atom stereocenters. The molecule has 62 valence electrons. The summed E-state index contributed by atoms with van der Waals surface area (Å²) in [5, 5.41) is 0. The molecular formula is C5H4Br2O2S2. The molecule has 2 nitrogen and oxygen atoms in total. The van der Waals surface area contributed by atoms with Gasteiger partial charge in [-0.15, -0.1) is 11.3 Å². The van der Waals surface area contributed by atoms with E-state index in [4.69, 9.17) is 0 Å². The van der Waals surface area contributed by atoms with Crippen molar-refractivity contribution in [3.63, 3.8) is 0 Å². The quantitative estimate of drug-likeness (QED) is 0.797. The van der Waals surface area contributed by atoms with Crippen molar-refractivity contribution in [1.29, 1.82) is 0 Å². The van der Waals surface area contributed by atoms with E-state index in [1.165, 1.54) is 17.6 Å². The van der Waals surface area contributed by atoms with Gasteiger partial charge in [-0.05, 0) is 37.9 Å². The normalized spacial score (nSPS) is 11.9. The molecule has 0 aliphatic heterocycles. The van der Waals surface area contributed by atoms with Crippen LogP contribution in [0.1, 0.15) is 0 Å². The van der Waals surface area contributed by atoms with Crippen LogP contribution in [0, 0.1) is 0 Å². The van der Waals surface area contributed by atoms with E-state index < -0.39 is 9.84 Å². The first-order valence-corrected chi connectivity index (χ1v) is 6.85. The summed E-state index contributed by atoms with van der Waals surface area (Å²) in [6, 6.07) is 1.59. The fourth-order valence-electron chi connectivity index (χ4n) is 0.578. The Morgan fingerprint density at radius 2 is 2.00 bits per heavy atom. The van der Waals surface area contributed by atoms with E-state index in [2.05, 4.69) is 31.9 Å². The first kappa shape index (κ1) is 9.70. The first-order valence-electron chi connectivity index (χ1n) is 2.56. The van der Waals surface area contributed by atoms with Crippen molar-refractivity contribution in [3.05, 3.63) is 13.6 Å². The molecule has 0 saturated heterocycles. The Bertz CT molecular complexity index is 366. The third-order valence-electron chi connectivity index (χ3n) is 1.02. The molecule has 0 amide bonds. The van der Waals surface area contributed by atoms with Gasteiger partial charge in [0.15, 0.2) is 9.84 Å². The molecule has 0 aliphatic rings. The van der Waals surface area contributed by atoms with Gasteiger partial charge in [-0.2, -0.15) is 0 Å². The van der Waals surface area contributed by atoms with Crippen LogP contribution in [0.3, 0.4) is 0 Å². The molecule has 0 atom stereocenters.